The Morgan fingerprint density at radius 3 is 3.62 bits per heavy atom. The van der Waals surface area contributed by atoms with Gasteiger partial charge in [0.25, 0.3) is 0 Å². The zero-order valence-electron chi connectivity index (χ0n) is 4.20. The molecule has 39 valence electrons. The van der Waals surface area contributed by atoms with Gasteiger partial charge in [-0.2, -0.15) is 0 Å². The largest absolute Gasteiger partial charge is 0.310 e. The van der Waals surface area contributed by atoms with E-state index in [9.17, 15) is 0 Å². The van der Waals surface area contributed by atoms with Crippen LogP contribution in [0.5, 0.6) is 0 Å². The van der Waals surface area contributed by atoms with E-state index in [1.165, 1.54) is 0 Å². The van der Waals surface area contributed by atoms with E-state index in [4.69, 9.17) is 0 Å². The Balaban J connectivity index is 2.67. The normalized spacial score (nSPS) is 14.5. The summed E-state index contributed by atoms with van der Waals surface area (Å²) in [4.78, 5) is 7.79. The summed E-state index contributed by atoms with van der Waals surface area (Å²) in [7, 11) is 0. The summed E-state index contributed by atoms with van der Waals surface area (Å²) < 4.78 is 1.93. The summed E-state index contributed by atoms with van der Waals surface area (Å²) in [6, 6.07) is 0. The molecular formula is C5H4N3. The van der Waals surface area contributed by atoms with E-state index in [0.29, 0.717) is 0 Å². The Morgan fingerprint density at radius 1 is 1.75 bits per heavy atom. The molecule has 0 aliphatic carbocycles. The van der Waals surface area contributed by atoms with Crippen LogP contribution in [0.15, 0.2) is 17.4 Å². The van der Waals surface area contributed by atoms with Gasteiger partial charge in [-0.1, -0.05) is 0 Å². The highest BCUT2D eigenvalue weighted by molar-refractivity contribution is 5.64. The van der Waals surface area contributed by atoms with Crippen molar-refractivity contribution in [2.24, 2.45) is 4.99 Å². The molecule has 1 aliphatic heterocycles. The van der Waals surface area contributed by atoms with Gasteiger partial charge >= 0.3 is 0 Å². The zero-order valence-corrected chi connectivity index (χ0v) is 4.20. The first-order chi connectivity index (χ1) is 3.97. The fraction of sp³-hybridized carbons (Fsp3) is 0.200. The van der Waals surface area contributed by atoms with Crippen LogP contribution < -0.4 is 0 Å². The van der Waals surface area contributed by atoms with Gasteiger partial charge in [-0.25, -0.2) is 9.98 Å². The molecule has 2 heterocycles. The molecule has 0 saturated heterocycles. The second-order valence-corrected chi connectivity index (χ2v) is 1.63. The number of aromatic nitrogens is 2. The van der Waals surface area contributed by atoms with Gasteiger partial charge < -0.3 is 4.57 Å². The number of hydrogen-bond acceptors (Lipinski definition) is 2. The van der Waals surface area contributed by atoms with Crippen LogP contribution in [0.25, 0.3) is 0 Å². The molecule has 0 amide bonds. The van der Waals surface area contributed by atoms with Crippen molar-refractivity contribution in [1.29, 1.82) is 0 Å². The Bertz CT molecular complexity index is 223. The first kappa shape index (κ1) is 3.83. The number of hydrogen-bond donors (Lipinski definition) is 0. The van der Waals surface area contributed by atoms with Crippen LogP contribution in [0.3, 0.4) is 0 Å². The van der Waals surface area contributed by atoms with E-state index in [1.54, 1.807) is 6.20 Å². The average molecular weight is 106 g/mol. The molecule has 2 rings (SSSR count). The molecule has 3 heteroatoms. The molecule has 0 unspecified atom stereocenters. The van der Waals surface area contributed by atoms with Crippen LogP contribution in [0.1, 0.15) is 0 Å². The van der Waals surface area contributed by atoms with Crippen molar-refractivity contribution in [2.75, 3.05) is 0 Å². The second kappa shape index (κ2) is 1.18. The Morgan fingerprint density at radius 2 is 2.75 bits per heavy atom. The van der Waals surface area contributed by atoms with Crippen LogP contribution in [0, 0.1) is 0 Å². The third-order valence-electron chi connectivity index (χ3n) is 1.11. The fourth-order valence-corrected chi connectivity index (χ4v) is 0.720. The Hall–Kier alpha value is -1.12. The predicted octanol–water partition coefficient (Wildman–Crippen LogP) is 0.476. The first-order valence-corrected chi connectivity index (χ1v) is 2.41. The molecule has 0 fully saturated rings. The van der Waals surface area contributed by atoms with Gasteiger partial charge in [0.1, 0.15) is 0 Å². The van der Waals surface area contributed by atoms with Crippen LogP contribution >= 0.6 is 0 Å². The van der Waals surface area contributed by atoms with Gasteiger partial charge in [0.2, 0.25) is 5.95 Å². The number of fused-ring (bicyclic) bond motifs is 1. The number of nitrogens with zero attached hydrogens (tertiary/aromatic N) is 3. The predicted molar refractivity (Wildman–Crippen MR) is 29.3 cm³/mol. The maximum Gasteiger partial charge on any atom is 0.230 e. The quantitative estimate of drug-likeness (QED) is 0.473. The van der Waals surface area contributed by atoms with Crippen molar-refractivity contribution < 1.29 is 0 Å². The summed E-state index contributed by atoms with van der Waals surface area (Å²) in [5, 5.41) is 0. The van der Waals surface area contributed by atoms with Crippen LogP contribution in [-0.2, 0) is 6.54 Å². The highest BCUT2D eigenvalue weighted by atomic mass is 15.2. The SMILES string of the molecule is [C]1=Nc2nccn2C1. The molecule has 1 aromatic rings. The molecule has 0 spiro atoms. The van der Waals surface area contributed by atoms with E-state index in [1.807, 2.05) is 10.8 Å². The van der Waals surface area contributed by atoms with Gasteiger partial charge in [-0.15, -0.1) is 0 Å². The Labute approximate surface area is 46.7 Å². The van der Waals surface area contributed by atoms with Crippen molar-refractivity contribution in [1.82, 2.24) is 9.55 Å². The third-order valence-corrected chi connectivity index (χ3v) is 1.11. The Kier molecular flexibility index (Phi) is 0.566. The van der Waals surface area contributed by atoms with E-state index in [2.05, 4.69) is 16.2 Å². The minimum atomic E-state index is 0.759. The lowest BCUT2D eigenvalue weighted by Gasteiger charge is -1.85. The lowest BCUT2D eigenvalue weighted by Crippen LogP contribution is -1.87. The third kappa shape index (κ3) is 0.332. The fourth-order valence-electron chi connectivity index (χ4n) is 0.720. The van der Waals surface area contributed by atoms with Gasteiger partial charge in [0.05, 0.1) is 12.8 Å². The molecule has 8 heavy (non-hydrogen) atoms. The van der Waals surface area contributed by atoms with Crippen LogP contribution in [-0.4, -0.2) is 15.8 Å². The molecule has 0 N–H and O–H groups in total. The van der Waals surface area contributed by atoms with Gasteiger partial charge in [-0.05, 0) is 0 Å². The summed E-state index contributed by atoms with van der Waals surface area (Å²) in [5.74, 6) is 0.769. The second-order valence-electron chi connectivity index (χ2n) is 1.63. The number of aliphatic imine (C=N–C) groups is 1. The molecule has 0 aromatic carbocycles. The average Bonchev–Trinajstić information content (AvgIpc) is 2.15. The van der Waals surface area contributed by atoms with E-state index in [0.717, 1.165) is 12.5 Å². The minimum Gasteiger partial charge on any atom is -0.310 e. The van der Waals surface area contributed by atoms with Crippen molar-refractivity contribution in [3.63, 3.8) is 0 Å². The van der Waals surface area contributed by atoms with Gasteiger partial charge in [0.15, 0.2) is 0 Å². The number of rotatable bonds is 0. The zero-order chi connectivity index (χ0) is 5.40. The summed E-state index contributed by atoms with van der Waals surface area (Å²) >= 11 is 0. The lowest BCUT2D eigenvalue weighted by atomic mass is 10.7. The van der Waals surface area contributed by atoms with Gasteiger partial charge in [0, 0.05) is 12.4 Å². The van der Waals surface area contributed by atoms with Crippen LogP contribution in [0.4, 0.5) is 5.95 Å². The van der Waals surface area contributed by atoms with Crippen molar-refractivity contribution in [2.45, 2.75) is 6.54 Å². The molecule has 0 bridgehead atoms. The molecular weight excluding hydrogens is 102 g/mol. The highest BCUT2D eigenvalue weighted by Gasteiger charge is 2.02. The maximum atomic E-state index is 3.93. The monoisotopic (exact) mass is 106 g/mol. The van der Waals surface area contributed by atoms with Gasteiger partial charge in [-0.3, -0.25) is 0 Å². The molecule has 3 nitrogen and oxygen atoms in total. The van der Waals surface area contributed by atoms with Crippen molar-refractivity contribution in [3.05, 3.63) is 12.4 Å². The molecule has 1 aliphatic rings. The lowest BCUT2D eigenvalue weighted by molar-refractivity contribution is 0.900. The summed E-state index contributed by atoms with van der Waals surface area (Å²) in [5.41, 5.74) is 0. The van der Waals surface area contributed by atoms with Crippen LogP contribution in [0.2, 0.25) is 0 Å². The molecule has 1 radical (unpaired) electrons. The van der Waals surface area contributed by atoms with E-state index in [-0.39, 0.29) is 0 Å². The smallest absolute Gasteiger partial charge is 0.230 e. The van der Waals surface area contributed by atoms with Crippen molar-refractivity contribution >= 4 is 12.2 Å². The topological polar surface area (TPSA) is 30.2 Å². The maximum absolute atomic E-state index is 3.93. The molecule has 0 atom stereocenters. The van der Waals surface area contributed by atoms with Crippen molar-refractivity contribution in [3.8, 4) is 0 Å². The number of imidazole rings is 1. The summed E-state index contributed by atoms with van der Waals surface area (Å²) in [6.07, 6.45) is 6.42. The molecule has 0 saturated carbocycles. The summed E-state index contributed by atoms with van der Waals surface area (Å²) in [6.45, 7) is 0.759. The standard InChI is InChI=1S/C5H4N3/c1-3-8-4-2-7-5(8)6-1/h1,3H,4H2. The first-order valence-electron chi connectivity index (χ1n) is 2.41. The highest BCUT2D eigenvalue weighted by Crippen LogP contribution is 2.10. The van der Waals surface area contributed by atoms with E-state index >= 15 is 0 Å². The molecule has 1 aromatic heterocycles. The van der Waals surface area contributed by atoms with E-state index < -0.39 is 0 Å². The minimum absolute atomic E-state index is 0.759.